The van der Waals surface area contributed by atoms with Crippen LogP contribution in [0.4, 0.5) is 0 Å². The third kappa shape index (κ3) is 3.68. The number of sulfonamides is 1. The molecule has 1 aromatic heterocycles. The summed E-state index contributed by atoms with van der Waals surface area (Å²) >= 11 is 3.50. The summed E-state index contributed by atoms with van der Waals surface area (Å²) in [6.07, 6.45) is 5.57. The number of alkyl halides is 1. The molecule has 120 valence electrons. The van der Waals surface area contributed by atoms with Gasteiger partial charge in [-0.05, 0) is 32.6 Å². The van der Waals surface area contributed by atoms with Gasteiger partial charge in [-0.3, -0.25) is 0 Å². The van der Waals surface area contributed by atoms with Crippen LogP contribution in [0.5, 0.6) is 0 Å². The van der Waals surface area contributed by atoms with E-state index in [2.05, 4.69) is 32.6 Å². The van der Waals surface area contributed by atoms with Gasteiger partial charge in [0.05, 0.1) is 0 Å². The highest BCUT2D eigenvalue weighted by Crippen LogP contribution is 2.34. The van der Waals surface area contributed by atoms with Gasteiger partial charge >= 0.3 is 0 Å². The van der Waals surface area contributed by atoms with E-state index in [9.17, 15) is 8.42 Å². The number of halogens is 1. The molecule has 0 spiro atoms. The Kier molecular flexibility index (Phi) is 5.15. The maximum Gasteiger partial charge on any atom is 0.260 e. The van der Waals surface area contributed by atoms with Gasteiger partial charge in [0.25, 0.3) is 10.0 Å². The zero-order valence-electron chi connectivity index (χ0n) is 12.9. The molecular weight excluding hydrogens is 354 g/mol. The summed E-state index contributed by atoms with van der Waals surface area (Å²) < 4.78 is 30.1. The van der Waals surface area contributed by atoms with E-state index >= 15 is 0 Å². The fourth-order valence-electron chi connectivity index (χ4n) is 3.17. The van der Waals surface area contributed by atoms with Gasteiger partial charge in [-0.1, -0.05) is 35.7 Å². The zero-order valence-corrected chi connectivity index (χ0v) is 15.3. The predicted octanol–water partition coefficient (Wildman–Crippen LogP) is 2.83. The third-order valence-electron chi connectivity index (χ3n) is 4.27. The van der Waals surface area contributed by atoms with Crippen molar-refractivity contribution in [3.63, 3.8) is 0 Å². The van der Waals surface area contributed by atoms with Gasteiger partial charge in [0.2, 0.25) is 0 Å². The van der Waals surface area contributed by atoms with Crippen LogP contribution in [0.25, 0.3) is 0 Å². The van der Waals surface area contributed by atoms with E-state index in [1.54, 1.807) is 6.20 Å². The number of imidazole rings is 1. The molecule has 1 N–H and O–H groups in total. The first-order valence-electron chi connectivity index (χ1n) is 7.45. The Morgan fingerprint density at radius 3 is 2.81 bits per heavy atom. The van der Waals surface area contributed by atoms with Crippen molar-refractivity contribution in [2.75, 3.05) is 5.33 Å². The molecule has 21 heavy (non-hydrogen) atoms. The molecule has 5 nitrogen and oxygen atoms in total. The minimum Gasteiger partial charge on any atom is -0.334 e. The predicted molar refractivity (Wildman–Crippen MR) is 87.1 cm³/mol. The van der Waals surface area contributed by atoms with E-state index in [4.69, 9.17) is 0 Å². The number of aromatic nitrogens is 2. The topological polar surface area (TPSA) is 64.0 Å². The van der Waals surface area contributed by atoms with Crippen LogP contribution in [0, 0.1) is 12.8 Å². The fourth-order valence-corrected chi connectivity index (χ4v) is 5.45. The Bertz CT molecular complexity index is 599. The number of hydrogen-bond donors (Lipinski definition) is 1. The monoisotopic (exact) mass is 377 g/mol. The molecular formula is C14H24BrN3O2S. The van der Waals surface area contributed by atoms with Gasteiger partial charge in [0.1, 0.15) is 5.82 Å². The summed E-state index contributed by atoms with van der Waals surface area (Å²) in [7, 11) is -3.58. The van der Waals surface area contributed by atoms with Crippen LogP contribution in [0.1, 0.15) is 45.4 Å². The molecule has 7 heteroatoms. The highest BCUT2D eigenvalue weighted by atomic mass is 79.9. The molecule has 2 rings (SSSR count). The van der Waals surface area contributed by atoms with Crippen molar-refractivity contribution in [1.29, 1.82) is 0 Å². The maximum absolute atomic E-state index is 12.6. The molecule has 1 aliphatic carbocycles. The Labute approximate surface area is 135 Å². The molecule has 1 aromatic rings. The van der Waals surface area contributed by atoms with Gasteiger partial charge in [0.15, 0.2) is 5.03 Å². The highest BCUT2D eigenvalue weighted by molar-refractivity contribution is 9.09. The van der Waals surface area contributed by atoms with Crippen molar-refractivity contribution in [1.82, 2.24) is 14.3 Å². The molecule has 2 unspecified atom stereocenters. The lowest BCUT2D eigenvalue weighted by atomic mass is 9.78. The van der Waals surface area contributed by atoms with E-state index in [1.807, 2.05) is 18.4 Å². The normalized spacial score (nSPS) is 27.0. The summed E-state index contributed by atoms with van der Waals surface area (Å²) in [6.45, 7) is 6.70. The van der Waals surface area contributed by atoms with Crippen molar-refractivity contribution in [2.24, 2.45) is 5.92 Å². The standard InChI is InChI=1S/C14H24BrN3O2S/c1-4-18-9-13(16-12(18)3)21(19,20)17-14(10-15)7-5-6-11(2)8-14/h9,11,17H,4-8,10H2,1-3H3. The van der Waals surface area contributed by atoms with Crippen LogP contribution < -0.4 is 4.72 Å². The van der Waals surface area contributed by atoms with E-state index < -0.39 is 10.0 Å². The summed E-state index contributed by atoms with van der Waals surface area (Å²) in [4.78, 5) is 4.20. The number of aryl methyl sites for hydroxylation is 2. The first-order valence-corrected chi connectivity index (χ1v) is 10.1. The molecule has 0 saturated heterocycles. The van der Waals surface area contributed by atoms with Crippen LogP contribution in [0.15, 0.2) is 11.2 Å². The second-order valence-corrected chi connectivity index (χ2v) is 8.32. The highest BCUT2D eigenvalue weighted by Gasteiger charge is 2.38. The van der Waals surface area contributed by atoms with Crippen molar-refractivity contribution in [3.8, 4) is 0 Å². The molecule has 0 aliphatic heterocycles. The Hall–Kier alpha value is -0.400. The van der Waals surface area contributed by atoms with E-state index in [0.29, 0.717) is 11.2 Å². The molecule has 1 aliphatic rings. The van der Waals surface area contributed by atoms with Crippen molar-refractivity contribution < 1.29 is 8.42 Å². The van der Waals surface area contributed by atoms with Crippen LogP contribution in [-0.2, 0) is 16.6 Å². The van der Waals surface area contributed by atoms with Crippen LogP contribution in [-0.4, -0.2) is 28.8 Å². The van der Waals surface area contributed by atoms with Gasteiger partial charge in [-0.15, -0.1) is 0 Å². The Morgan fingerprint density at radius 2 is 2.29 bits per heavy atom. The second-order valence-electron chi connectivity index (χ2n) is 6.13. The Balaban J connectivity index is 2.26. The molecule has 0 bridgehead atoms. The molecule has 1 heterocycles. The van der Waals surface area contributed by atoms with Gasteiger partial charge in [0, 0.05) is 23.6 Å². The van der Waals surface area contributed by atoms with Gasteiger partial charge in [-0.25, -0.2) is 18.1 Å². The van der Waals surface area contributed by atoms with Crippen molar-refractivity contribution >= 4 is 26.0 Å². The lowest BCUT2D eigenvalue weighted by molar-refractivity contribution is 0.241. The second kappa shape index (κ2) is 6.38. The average Bonchev–Trinajstić information content (AvgIpc) is 2.80. The first-order chi connectivity index (χ1) is 9.82. The SMILES string of the molecule is CCn1cc(S(=O)(=O)NC2(CBr)CCCC(C)C2)nc1C. The molecule has 1 saturated carbocycles. The van der Waals surface area contributed by atoms with Crippen LogP contribution >= 0.6 is 15.9 Å². The summed E-state index contributed by atoms with van der Waals surface area (Å²) in [6, 6.07) is 0. The molecule has 0 radical (unpaired) electrons. The Morgan fingerprint density at radius 1 is 1.57 bits per heavy atom. The number of nitrogens with one attached hydrogen (secondary N) is 1. The fraction of sp³-hybridized carbons (Fsp3) is 0.786. The largest absolute Gasteiger partial charge is 0.334 e. The lowest BCUT2D eigenvalue weighted by Crippen LogP contribution is -2.52. The smallest absolute Gasteiger partial charge is 0.260 e. The molecule has 2 atom stereocenters. The summed E-state index contributed by atoms with van der Waals surface area (Å²) in [5.74, 6) is 1.26. The first kappa shape index (κ1) is 17.0. The van der Waals surface area contributed by atoms with Crippen molar-refractivity contribution in [3.05, 3.63) is 12.0 Å². The van der Waals surface area contributed by atoms with Crippen LogP contribution in [0.2, 0.25) is 0 Å². The van der Waals surface area contributed by atoms with Crippen molar-refractivity contribution in [2.45, 2.75) is 63.6 Å². The quantitative estimate of drug-likeness (QED) is 0.802. The zero-order chi connectivity index (χ0) is 15.7. The average molecular weight is 378 g/mol. The molecule has 0 aromatic carbocycles. The number of nitrogens with zero attached hydrogens (tertiary/aromatic N) is 2. The summed E-state index contributed by atoms with van der Waals surface area (Å²) in [5, 5.41) is 0.761. The maximum atomic E-state index is 12.6. The minimum absolute atomic E-state index is 0.125. The number of rotatable bonds is 5. The van der Waals surface area contributed by atoms with Gasteiger partial charge < -0.3 is 4.57 Å². The van der Waals surface area contributed by atoms with Crippen LogP contribution in [0.3, 0.4) is 0 Å². The summed E-state index contributed by atoms with van der Waals surface area (Å²) in [5.41, 5.74) is -0.388. The third-order valence-corrected chi connectivity index (χ3v) is 6.79. The van der Waals surface area contributed by atoms with Gasteiger partial charge in [-0.2, -0.15) is 0 Å². The van der Waals surface area contributed by atoms with E-state index in [0.717, 1.165) is 31.6 Å². The van der Waals surface area contributed by atoms with E-state index in [1.165, 1.54) is 6.42 Å². The number of hydrogen-bond acceptors (Lipinski definition) is 3. The lowest BCUT2D eigenvalue weighted by Gasteiger charge is -2.38. The van der Waals surface area contributed by atoms with E-state index in [-0.39, 0.29) is 10.6 Å². The molecule has 1 fully saturated rings. The minimum atomic E-state index is -3.58. The molecule has 0 amide bonds.